The van der Waals surface area contributed by atoms with Crippen LogP contribution in [-0.2, 0) is 11.2 Å². The first-order valence-corrected chi connectivity index (χ1v) is 9.16. The number of halogens is 1. The summed E-state index contributed by atoms with van der Waals surface area (Å²) in [6, 6.07) is 12.5. The highest BCUT2D eigenvalue weighted by Gasteiger charge is 2.30. The lowest BCUT2D eigenvalue weighted by Gasteiger charge is -2.37. The lowest BCUT2D eigenvalue weighted by Crippen LogP contribution is -2.41. The van der Waals surface area contributed by atoms with Crippen LogP contribution in [0.25, 0.3) is 0 Å². The zero-order valence-corrected chi connectivity index (χ0v) is 15.0. The number of amides is 1. The summed E-state index contributed by atoms with van der Waals surface area (Å²) in [5.41, 5.74) is 3.71. The van der Waals surface area contributed by atoms with Gasteiger partial charge in [0.2, 0.25) is 0 Å². The Labute approximate surface area is 153 Å². The van der Waals surface area contributed by atoms with Crippen molar-refractivity contribution in [2.75, 3.05) is 37.7 Å². The number of ether oxygens (including phenoxy) is 1. The molecule has 2 aliphatic rings. The molecule has 0 bridgehead atoms. The number of hydrogen-bond acceptors (Lipinski definition) is 3. The molecule has 0 N–H and O–H groups in total. The Balaban J connectivity index is 1.64. The smallest absolute Gasteiger partial charge is 0.256 e. The Kier molecular flexibility index (Phi) is 4.64. The highest BCUT2D eigenvalue weighted by atomic mass is 19.1. The molecule has 1 saturated heterocycles. The van der Waals surface area contributed by atoms with Gasteiger partial charge in [0.05, 0.1) is 24.8 Å². The normalized spacial score (nSPS) is 20.0. The topological polar surface area (TPSA) is 32.8 Å². The van der Waals surface area contributed by atoms with E-state index in [0.717, 1.165) is 36.3 Å². The van der Waals surface area contributed by atoms with Gasteiger partial charge in [-0.3, -0.25) is 4.79 Å². The molecule has 26 heavy (non-hydrogen) atoms. The number of carbonyl (C=O) groups excluding carboxylic acids is 1. The Bertz CT molecular complexity index is 817. The lowest BCUT2D eigenvalue weighted by atomic mass is 9.92. The molecule has 1 atom stereocenters. The Morgan fingerprint density at radius 2 is 1.88 bits per heavy atom. The van der Waals surface area contributed by atoms with Crippen LogP contribution in [0.5, 0.6) is 0 Å². The number of anilines is 1. The first kappa shape index (κ1) is 17.0. The van der Waals surface area contributed by atoms with Crippen LogP contribution in [0.15, 0.2) is 42.5 Å². The number of fused-ring (bicyclic) bond motifs is 1. The summed E-state index contributed by atoms with van der Waals surface area (Å²) < 4.78 is 19.1. The second-order valence-electron chi connectivity index (χ2n) is 6.88. The zero-order chi connectivity index (χ0) is 18.1. The monoisotopic (exact) mass is 354 g/mol. The molecule has 2 heterocycles. The molecule has 4 nitrogen and oxygen atoms in total. The summed E-state index contributed by atoms with van der Waals surface area (Å²) in [7, 11) is 0. The van der Waals surface area contributed by atoms with Crippen LogP contribution >= 0.6 is 0 Å². The Morgan fingerprint density at radius 3 is 2.69 bits per heavy atom. The number of para-hydroxylation sites is 1. The van der Waals surface area contributed by atoms with Crippen LogP contribution < -0.4 is 4.90 Å². The molecule has 2 aromatic carbocycles. The zero-order valence-electron chi connectivity index (χ0n) is 15.0. The van der Waals surface area contributed by atoms with E-state index in [2.05, 4.69) is 4.90 Å². The molecular weight excluding hydrogens is 331 g/mol. The minimum atomic E-state index is -0.251. The van der Waals surface area contributed by atoms with E-state index in [0.29, 0.717) is 25.3 Å². The first-order valence-electron chi connectivity index (χ1n) is 9.16. The first-order chi connectivity index (χ1) is 12.6. The summed E-state index contributed by atoms with van der Waals surface area (Å²) in [5.74, 6) is -0.242. The highest BCUT2D eigenvalue weighted by molar-refractivity contribution is 6.00. The summed E-state index contributed by atoms with van der Waals surface area (Å²) in [6.45, 7) is 5.55. The van der Waals surface area contributed by atoms with Crippen molar-refractivity contribution in [1.29, 1.82) is 0 Å². The van der Waals surface area contributed by atoms with Crippen LogP contribution in [0.2, 0.25) is 0 Å². The van der Waals surface area contributed by atoms with Gasteiger partial charge < -0.3 is 14.5 Å². The van der Waals surface area contributed by atoms with Crippen molar-refractivity contribution < 1.29 is 13.9 Å². The van der Waals surface area contributed by atoms with Gasteiger partial charge in [-0.2, -0.15) is 0 Å². The summed E-state index contributed by atoms with van der Waals surface area (Å²) in [5, 5.41) is 0. The molecule has 0 aliphatic carbocycles. The van der Waals surface area contributed by atoms with Crippen LogP contribution in [0.3, 0.4) is 0 Å². The van der Waals surface area contributed by atoms with Crippen molar-refractivity contribution in [3.05, 3.63) is 65.0 Å². The third kappa shape index (κ3) is 3.07. The van der Waals surface area contributed by atoms with Crippen molar-refractivity contribution in [3.63, 3.8) is 0 Å². The predicted octanol–water partition coefficient (Wildman–Crippen LogP) is 3.42. The van der Waals surface area contributed by atoms with E-state index in [-0.39, 0.29) is 17.8 Å². The number of benzene rings is 2. The molecule has 0 unspecified atom stereocenters. The molecule has 4 rings (SSSR count). The minimum absolute atomic E-state index is 0.00880. The summed E-state index contributed by atoms with van der Waals surface area (Å²) >= 11 is 0. The molecule has 136 valence electrons. The van der Waals surface area contributed by atoms with Gasteiger partial charge in [-0.1, -0.05) is 18.2 Å². The van der Waals surface area contributed by atoms with E-state index in [1.165, 1.54) is 6.07 Å². The maximum atomic E-state index is 13.7. The van der Waals surface area contributed by atoms with Crippen LogP contribution in [0, 0.1) is 5.82 Å². The Hall–Kier alpha value is -2.40. The second kappa shape index (κ2) is 7.08. The van der Waals surface area contributed by atoms with Crippen molar-refractivity contribution in [2.45, 2.75) is 19.4 Å². The number of hydrogen-bond donors (Lipinski definition) is 0. The molecule has 1 fully saturated rings. The van der Waals surface area contributed by atoms with Gasteiger partial charge in [-0.05, 0) is 48.7 Å². The van der Waals surface area contributed by atoms with Gasteiger partial charge in [0.1, 0.15) is 5.82 Å². The van der Waals surface area contributed by atoms with Crippen molar-refractivity contribution in [2.24, 2.45) is 0 Å². The van der Waals surface area contributed by atoms with Gasteiger partial charge in [-0.25, -0.2) is 4.39 Å². The second-order valence-corrected chi connectivity index (χ2v) is 6.88. The summed E-state index contributed by atoms with van der Waals surface area (Å²) in [4.78, 5) is 17.4. The maximum absolute atomic E-state index is 13.7. The molecule has 2 aromatic rings. The van der Waals surface area contributed by atoms with Gasteiger partial charge >= 0.3 is 0 Å². The lowest BCUT2D eigenvalue weighted by molar-refractivity contribution is 0.0677. The molecule has 0 radical (unpaired) electrons. The van der Waals surface area contributed by atoms with Crippen molar-refractivity contribution in [1.82, 2.24) is 4.90 Å². The molecular formula is C21H23FN2O2. The molecule has 1 amide bonds. The van der Waals surface area contributed by atoms with Crippen LogP contribution in [-0.4, -0.2) is 43.7 Å². The quantitative estimate of drug-likeness (QED) is 0.828. The number of morpholine rings is 1. The number of rotatable bonds is 2. The van der Waals surface area contributed by atoms with Crippen LogP contribution in [0.4, 0.5) is 10.1 Å². The molecule has 0 saturated carbocycles. The standard InChI is InChI=1S/C21H23FN2O2/c1-15-19-14-17(22)7-6-16(19)8-9-24(15)21(25)18-4-2-3-5-20(18)23-10-12-26-13-11-23/h2-7,14-15H,8-13H2,1H3/t15-/m1/s1. The fraction of sp³-hybridized carbons (Fsp3) is 0.381. The fourth-order valence-corrected chi connectivity index (χ4v) is 3.95. The molecule has 0 aromatic heterocycles. The summed E-state index contributed by atoms with van der Waals surface area (Å²) in [6.07, 6.45) is 0.755. The number of carbonyl (C=O) groups is 1. The van der Waals surface area contributed by atoms with E-state index in [9.17, 15) is 9.18 Å². The highest BCUT2D eigenvalue weighted by Crippen LogP contribution is 2.33. The van der Waals surface area contributed by atoms with Gasteiger partial charge in [0.25, 0.3) is 5.91 Å². The van der Waals surface area contributed by atoms with E-state index in [1.807, 2.05) is 42.2 Å². The number of nitrogens with zero attached hydrogens (tertiary/aromatic N) is 2. The minimum Gasteiger partial charge on any atom is -0.378 e. The third-order valence-corrected chi connectivity index (χ3v) is 5.39. The van der Waals surface area contributed by atoms with E-state index >= 15 is 0 Å². The average Bonchev–Trinajstić information content (AvgIpc) is 2.69. The third-order valence-electron chi connectivity index (χ3n) is 5.39. The van der Waals surface area contributed by atoms with Gasteiger partial charge in [-0.15, -0.1) is 0 Å². The Morgan fingerprint density at radius 1 is 1.12 bits per heavy atom. The molecule has 0 spiro atoms. The maximum Gasteiger partial charge on any atom is 0.256 e. The van der Waals surface area contributed by atoms with E-state index in [1.54, 1.807) is 6.07 Å². The van der Waals surface area contributed by atoms with Gasteiger partial charge in [0, 0.05) is 25.3 Å². The SMILES string of the molecule is C[C@@H]1c2cc(F)ccc2CCN1C(=O)c1ccccc1N1CCOCC1. The van der Waals surface area contributed by atoms with Gasteiger partial charge in [0.15, 0.2) is 0 Å². The van der Waals surface area contributed by atoms with Crippen LogP contribution in [0.1, 0.15) is 34.5 Å². The average molecular weight is 354 g/mol. The van der Waals surface area contributed by atoms with Crippen molar-refractivity contribution in [3.8, 4) is 0 Å². The predicted molar refractivity (Wildman–Crippen MR) is 99.0 cm³/mol. The van der Waals surface area contributed by atoms with Crippen molar-refractivity contribution >= 4 is 11.6 Å². The molecule has 2 aliphatic heterocycles. The van der Waals surface area contributed by atoms with E-state index in [4.69, 9.17) is 4.74 Å². The van der Waals surface area contributed by atoms with E-state index < -0.39 is 0 Å². The fourth-order valence-electron chi connectivity index (χ4n) is 3.95. The largest absolute Gasteiger partial charge is 0.378 e. The molecule has 5 heteroatoms.